The summed E-state index contributed by atoms with van der Waals surface area (Å²) in [7, 11) is 0. The molecule has 6 nitrogen and oxygen atoms in total. The number of carbonyl (C=O) groups excluding carboxylic acids is 1. The van der Waals surface area contributed by atoms with Gasteiger partial charge in [0, 0.05) is 13.0 Å². The van der Waals surface area contributed by atoms with Gasteiger partial charge in [-0.2, -0.15) is 0 Å². The number of amides is 2. The van der Waals surface area contributed by atoms with Gasteiger partial charge in [-0.3, -0.25) is 5.32 Å². The van der Waals surface area contributed by atoms with E-state index < -0.39 is 12.1 Å². The average molecular weight is 338 g/mol. The van der Waals surface area contributed by atoms with Gasteiger partial charge in [-0.15, -0.1) is 10.2 Å². The van der Waals surface area contributed by atoms with Gasteiger partial charge in [0.1, 0.15) is 10.8 Å². The molecule has 23 heavy (non-hydrogen) atoms. The summed E-state index contributed by atoms with van der Waals surface area (Å²) in [5, 5.41) is 23.6. The fourth-order valence-corrected chi connectivity index (χ4v) is 2.75. The van der Waals surface area contributed by atoms with Crippen LogP contribution in [0.1, 0.15) is 30.3 Å². The molecule has 0 spiro atoms. The zero-order valence-corrected chi connectivity index (χ0v) is 13.6. The summed E-state index contributed by atoms with van der Waals surface area (Å²) in [5.74, 6) is -0.296. The highest BCUT2D eigenvalue weighted by atomic mass is 32.1. The van der Waals surface area contributed by atoms with E-state index in [1.807, 2.05) is 6.92 Å². The largest absolute Gasteiger partial charge is 0.391 e. The molecular formula is C15H19FN4O2S. The molecule has 8 heteroatoms. The summed E-state index contributed by atoms with van der Waals surface area (Å²) in [6, 6.07) is 5.83. The van der Waals surface area contributed by atoms with E-state index in [-0.39, 0.29) is 12.4 Å². The van der Waals surface area contributed by atoms with Gasteiger partial charge in [0.2, 0.25) is 5.13 Å². The molecule has 2 rings (SSSR count). The number of nitrogens with one attached hydrogen (secondary N) is 2. The van der Waals surface area contributed by atoms with Crippen LogP contribution in [0.3, 0.4) is 0 Å². The van der Waals surface area contributed by atoms with Crippen molar-refractivity contribution in [2.24, 2.45) is 0 Å². The van der Waals surface area contributed by atoms with Gasteiger partial charge in [0.15, 0.2) is 0 Å². The lowest BCUT2D eigenvalue weighted by molar-refractivity contribution is 0.162. The Kier molecular flexibility index (Phi) is 6.42. The van der Waals surface area contributed by atoms with Crippen molar-refractivity contribution in [3.8, 4) is 0 Å². The minimum Gasteiger partial charge on any atom is -0.391 e. The van der Waals surface area contributed by atoms with Crippen LogP contribution in [0, 0.1) is 5.82 Å². The van der Waals surface area contributed by atoms with Crippen molar-refractivity contribution in [3.63, 3.8) is 0 Å². The molecule has 0 saturated heterocycles. The van der Waals surface area contributed by atoms with Crippen molar-refractivity contribution in [1.29, 1.82) is 0 Å². The Morgan fingerprint density at radius 1 is 1.43 bits per heavy atom. The highest BCUT2D eigenvalue weighted by molar-refractivity contribution is 7.15. The van der Waals surface area contributed by atoms with Crippen molar-refractivity contribution >= 4 is 22.5 Å². The van der Waals surface area contributed by atoms with Crippen LogP contribution in [0.4, 0.5) is 14.3 Å². The van der Waals surface area contributed by atoms with E-state index in [1.54, 1.807) is 12.1 Å². The molecule has 0 fully saturated rings. The maximum absolute atomic E-state index is 13.1. The molecule has 0 aliphatic heterocycles. The van der Waals surface area contributed by atoms with E-state index in [1.165, 1.54) is 23.5 Å². The molecule has 1 aromatic carbocycles. The maximum Gasteiger partial charge on any atom is 0.321 e. The lowest BCUT2D eigenvalue weighted by Gasteiger charge is -2.10. The van der Waals surface area contributed by atoms with E-state index in [0.717, 1.165) is 12.0 Å². The minimum absolute atomic E-state index is 0.189. The molecule has 3 N–H and O–H groups in total. The number of hydrogen-bond donors (Lipinski definition) is 3. The van der Waals surface area contributed by atoms with Gasteiger partial charge < -0.3 is 10.4 Å². The summed E-state index contributed by atoms with van der Waals surface area (Å²) in [5.41, 5.74) is 0.792. The molecule has 2 amide bonds. The second-order valence-corrected chi connectivity index (χ2v) is 6.15. The van der Waals surface area contributed by atoms with Crippen LogP contribution >= 0.6 is 11.3 Å². The monoisotopic (exact) mass is 338 g/mol. The number of aromatic nitrogens is 2. The molecule has 0 aliphatic carbocycles. The lowest BCUT2D eigenvalue weighted by atomic mass is 10.1. The molecule has 1 heterocycles. The Morgan fingerprint density at radius 2 is 2.26 bits per heavy atom. The van der Waals surface area contributed by atoms with E-state index in [2.05, 4.69) is 20.8 Å². The Labute approximate surface area is 137 Å². The molecule has 1 unspecified atom stereocenters. The first-order valence-corrected chi connectivity index (χ1v) is 8.18. The third-order valence-corrected chi connectivity index (χ3v) is 3.89. The number of halogens is 1. The zero-order chi connectivity index (χ0) is 16.7. The molecule has 0 aliphatic rings. The number of aliphatic hydroxyl groups excluding tert-OH is 1. The van der Waals surface area contributed by atoms with Crippen LogP contribution in [0.2, 0.25) is 0 Å². The predicted molar refractivity (Wildman–Crippen MR) is 87.1 cm³/mol. The number of benzene rings is 1. The van der Waals surface area contributed by atoms with Crippen LogP contribution < -0.4 is 10.6 Å². The van der Waals surface area contributed by atoms with Crippen molar-refractivity contribution in [3.05, 3.63) is 40.7 Å². The summed E-state index contributed by atoms with van der Waals surface area (Å²) in [4.78, 5) is 11.7. The Morgan fingerprint density at radius 3 is 3.00 bits per heavy atom. The topological polar surface area (TPSA) is 87.1 Å². The van der Waals surface area contributed by atoms with E-state index in [4.69, 9.17) is 0 Å². The van der Waals surface area contributed by atoms with Crippen molar-refractivity contribution < 1.29 is 14.3 Å². The minimum atomic E-state index is -0.552. The van der Waals surface area contributed by atoms with Crippen LogP contribution in [-0.2, 0) is 6.42 Å². The number of aliphatic hydroxyl groups is 1. The zero-order valence-electron chi connectivity index (χ0n) is 12.8. The van der Waals surface area contributed by atoms with Crippen LogP contribution in [0.25, 0.3) is 0 Å². The number of nitrogens with zero attached hydrogens (tertiary/aromatic N) is 2. The Hall–Kier alpha value is -2.06. The average Bonchev–Trinajstić information content (AvgIpc) is 2.92. The first kappa shape index (κ1) is 17.3. The highest BCUT2D eigenvalue weighted by Crippen LogP contribution is 2.18. The predicted octanol–water partition coefficient (Wildman–Crippen LogP) is 2.55. The normalized spacial score (nSPS) is 12.0. The van der Waals surface area contributed by atoms with E-state index >= 15 is 0 Å². The summed E-state index contributed by atoms with van der Waals surface area (Å²) in [6.07, 6.45) is 1.39. The Bertz CT molecular complexity index is 650. The molecule has 2 aromatic rings. The fourth-order valence-electron chi connectivity index (χ4n) is 1.98. The Balaban J connectivity index is 1.83. The van der Waals surface area contributed by atoms with Crippen LogP contribution in [-0.4, -0.2) is 34.0 Å². The van der Waals surface area contributed by atoms with Gasteiger partial charge in [-0.1, -0.05) is 36.8 Å². The molecule has 124 valence electrons. The fraction of sp³-hybridized carbons (Fsp3) is 0.400. The smallest absolute Gasteiger partial charge is 0.321 e. The molecule has 1 atom stereocenters. The quantitative estimate of drug-likeness (QED) is 0.724. The van der Waals surface area contributed by atoms with Gasteiger partial charge in [-0.05, 0) is 24.1 Å². The van der Waals surface area contributed by atoms with Crippen molar-refractivity contribution in [1.82, 2.24) is 15.5 Å². The van der Waals surface area contributed by atoms with Gasteiger partial charge >= 0.3 is 6.03 Å². The lowest BCUT2D eigenvalue weighted by Crippen LogP contribution is -2.35. The first-order chi connectivity index (χ1) is 11.1. The van der Waals surface area contributed by atoms with Crippen molar-refractivity contribution in [2.45, 2.75) is 32.3 Å². The third kappa shape index (κ3) is 5.91. The van der Waals surface area contributed by atoms with Crippen LogP contribution in [0.5, 0.6) is 0 Å². The van der Waals surface area contributed by atoms with E-state index in [0.29, 0.717) is 23.0 Å². The molecular weight excluding hydrogens is 319 g/mol. The second-order valence-electron chi connectivity index (χ2n) is 5.09. The highest BCUT2D eigenvalue weighted by Gasteiger charge is 2.10. The molecule has 0 radical (unpaired) electrons. The standard InChI is InChI=1S/C15H19FN4O2S/c1-2-4-12(21)9-17-14(22)18-15-20-19-13(23-15)8-10-5-3-6-11(16)7-10/h3,5-7,12,21H,2,4,8-9H2,1H3,(H2,17,18,20,22). The summed E-state index contributed by atoms with van der Waals surface area (Å²) in [6.45, 7) is 2.15. The molecule has 1 aromatic heterocycles. The van der Waals surface area contributed by atoms with Gasteiger partial charge in [-0.25, -0.2) is 9.18 Å². The third-order valence-electron chi connectivity index (χ3n) is 3.05. The number of carbonyl (C=O) groups is 1. The maximum atomic E-state index is 13.1. The van der Waals surface area contributed by atoms with Crippen LogP contribution in [0.15, 0.2) is 24.3 Å². The van der Waals surface area contributed by atoms with Gasteiger partial charge in [0.25, 0.3) is 0 Å². The molecule has 0 bridgehead atoms. The number of hydrogen-bond acceptors (Lipinski definition) is 5. The molecule has 0 saturated carbocycles. The number of anilines is 1. The van der Waals surface area contributed by atoms with Crippen molar-refractivity contribution in [2.75, 3.05) is 11.9 Å². The summed E-state index contributed by atoms with van der Waals surface area (Å²) < 4.78 is 13.1. The first-order valence-electron chi connectivity index (χ1n) is 7.36. The SMILES string of the molecule is CCCC(O)CNC(=O)Nc1nnc(Cc2cccc(F)c2)s1. The number of rotatable bonds is 7. The van der Waals surface area contributed by atoms with E-state index in [9.17, 15) is 14.3 Å². The second kappa shape index (κ2) is 8.54. The summed E-state index contributed by atoms with van der Waals surface area (Å²) >= 11 is 1.23. The number of urea groups is 1. The van der Waals surface area contributed by atoms with Gasteiger partial charge in [0.05, 0.1) is 6.10 Å².